The predicted molar refractivity (Wildman–Crippen MR) is 84.2 cm³/mol. The Hall–Kier alpha value is -2.91. The quantitative estimate of drug-likeness (QED) is 0.696. The van der Waals surface area contributed by atoms with E-state index in [4.69, 9.17) is 0 Å². The van der Waals surface area contributed by atoms with Gasteiger partial charge in [0, 0.05) is 25.2 Å². The number of hydrogen-bond acceptors (Lipinski definition) is 4. The molecule has 1 N–H and O–H groups in total. The number of benzene rings is 1. The van der Waals surface area contributed by atoms with E-state index in [0.29, 0.717) is 5.56 Å². The molecule has 0 atom stereocenters. The fourth-order valence-corrected chi connectivity index (χ4v) is 2.19. The molecule has 0 aliphatic carbocycles. The Morgan fingerprint density at radius 1 is 1.19 bits per heavy atom. The van der Waals surface area contributed by atoms with Crippen molar-refractivity contribution < 1.29 is 36.2 Å². The standard InChI is InChI=1S/C17H15F5N2O3/c18-16(19)26-15-9-11(7-8-23-15)10-24-14(25)6-5-12-3-1-2-4-13(12)27-17(20,21)22/h1-4,7-9,16H,5-6,10H2,(H,24,25). The average Bonchev–Trinajstić information content (AvgIpc) is 2.57. The van der Waals surface area contributed by atoms with Gasteiger partial charge in [0.25, 0.3) is 0 Å². The summed E-state index contributed by atoms with van der Waals surface area (Å²) in [5, 5.41) is 2.54. The third kappa shape index (κ3) is 7.47. The topological polar surface area (TPSA) is 60.5 Å². The minimum absolute atomic E-state index is 0.0294. The van der Waals surface area contributed by atoms with E-state index in [-0.39, 0.29) is 36.6 Å². The first kappa shape index (κ1) is 20.4. The summed E-state index contributed by atoms with van der Waals surface area (Å²) in [6.07, 6.45) is -3.61. The number of carbonyl (C=O) groups excluding carboxylic acids is 1. The first-order valence-corrected chi connectivity index (χ1v) is 7.73. The Balaban J connectivity index is 1.87. The Morgan fingerprint density at radius 2 is 1.93 bits per heavy atom. The van der Waals surface area contributed by atoms with Gasteiger partial charge in [-0.15, -0.1) is 13.2 Å². The molecular formula is C17H15F5N2O3. The molecule has 0 radical (unpaired) electrons. The van der Waals surface area contributed by atoms with Crippen LogP contribution in [0.15, 0.2) is 42.6 Å². The van der Waals surface area contributed by atoms with E-state index in [2.05, 4.69) is 19.8 Å². The summed E-state index contributed by atoms with van der Waals surface area (Å²) < 4.78 is 69.5. The Bertz CT molecular complexity index is 768. The predicted octanol–water partition coefficient (Wildman–Crippen LogP) is 3.83. The lowest BCUT2D eigenvalue weighted by Gasteiger charge is -2.13. The number of alkyl halides is 5. The molecule has 5 nitrogen and oxygen atoms in total. The molecular weight excluding hydrogens is 375 g/mol. The first-order chi connectivity index (χ1) is 12.7. The second kappa shape index (κ2) is 9.15. The number of hydrogen-bond donors (Lipinski definition) is 1. The number of pyridine rings is 1. The van der Waals surface area contributed by atoms with Crippen molar-refractivity contribution in [2.75, 3.05) is 0 Å². The van der Waals surface area contributed by atoms with Crippen molar-refractivity contribution in [3.63, 3.8) is 0 Å². The third-order valence-corrected chi connectivity index (χ3v) is 3.32. The molecule has 2 aromatic rings. The Morgan fingerprint density at radius 3 is 2.63 bits per heavy atom. The highest BCUT2D eigenvalue weighted by molar-refractivity contribution is 5.76. The van der Waals surface area contributed by atoms with E-state index < -0.39 is 18.9 Å². The molecule has 1 amide bonds. The summed E-state index contributed by atoms with van der Waals surface area (Å²) in [5.41, 5.74) is 0.719. The molecule has 1 heterocycles. The summed E-state index contributed by atoms with van der Waals surface area (Å²) in [4.78, 5) is 15.5. The molecule has 0 spiro atoms. The van der Waals surface area contributed by atoms with E-state index in [1.807, 2.05) is 0 Å². The van der Waals surface area contributed by atoms with Crippen molar-refractivity contribution in [1.29, 1.82) is 0 Å². The van der Waals surface area contributed by atoms with Crippen LogP contribution in [0.3, 0.4) is 0 Å². The number of nitrogens with zero attached hydrogens (tertiary/aromatic N) is 1. The zero-order valence-corrected chi connectivity index (χ0v) is 13.8. The fourth-order valence-electron chi connectivity index (χ4n) is 2.19. The van der Waals surface area contributed by atoms with Gasteiger partial charge in [0.2, 0.25) is 11.8 Å². The van der Waals surface area contributed by atoms with Crippen LogP contribution in [0.5, 0.6) is 11.6 Å². The van der Waals surface area contributed by atoms with Gasteiger partial charge in [0.15, 0.2) is 0 Å². The van der Waals surface area contributed by atoms with Crippen LogP contribution in [0.2, 0.25) is 0 Å². The van der Waals surface area contributed by atoms with Crippen LogP contribution in [-0.2, 0) is 17.8 Å². The van der Waals surface area contributed by atoms with Crippen molar-refractivity contribution in [3.05, 3.63) is 53.7 Å². The van der Waals surface area contributed by atoms with Crippen LogP contribution < -0.4 is 14.8 Å². The van der Waals surface area contributed by atoms with Crippen LogP contribution in [0.25, 0.3) is 0 Å². The maximum absolute atomic E-state index is 12.4. The van der Waals surface area contributed by atoms with Crippen molar-refractivity contribution in [2.45, 2.75) is 32.4 Å². The molecule has 0 fully saturated rings. The molecule has 1 aromatic carbocycles. The minimum atomic E-state index is -4.82. The molecule has 0 bridgehead atoms. The van der Waals surface area contributed by atoms with E-state index >= 15 is 0 Å². The summed E-state index contributed by atoms with van der Waals surface area (Å²) in [6.45, 7) is -2.98. The van der Waals surface area contributed by atoms with Gasteiger partial charge in [0.1, 0.15) is 5.75 Å². The molecule has 0 unspecified atom stereocenters. The number of para-hydroxylation sites is 1. The van der Waals surface area contributed by atoms with Crippen molar-refractivity contribution in [3.8, 4) is 11.6 Å². The van der Waals surface area contributed by atoms with Crippen LogP contribution in [-0.4, -0.2) is 23.9 Å². The zero-order valence-electron chi connectivity index (χ0n) is 13.8. The lowest BCUT2D eigenvalue weighted by atomic mass is 10.1. The third-order valence-electron chi connectivity index (χ3n) is 3.32. The van der Waals surface area contributed by atoms with Gasteiger partial charge in [-0.25, -0.2) is 4.98 Å². The minimum Gasteiger partial charge on any atom is -0.417 e. The van der Waals surface area contributed by atoms with Gasteiger partial charge in [0.05, 0.1) is 0 Å². The van der Waals surface area contributed by atoms with Crippen molar-refractivity contribution in [2.24, 2.45) is 0 Å². The summed E-state index contributed by atoms with van der Waals surface area (Å²) in [7, 11) is 0. The van der Waals surface area contributed by atoms with Gasteiger partial charge in [-0.3, -0.25) is 4.79 Å². The lowest BCUT2D eigenvalue weighted by molar-refractivity contribution is -0.274. The highest BCUT2D eigenvalue weighted by Gasteiger charge is 2.31. The van der Waals surface area contributed by atoms with E-state index in [1.165, 1.54) is 42.6 Å². The molecule has 10 heteroatoms. The number of nitrogens with one attached hydrogen (secondary N) is 1. The Kier molecular flexibility index (Phi) is 6.91. The van der Waals surface area contributed by atoms with Crippen molar-refractivity contribution in [1.82, 2.24) is 10.3 Å². The normalized spacial score (nSPS) is 11.3. The first-order valence-electron chi connectivity index (χ1n) is 7.73. The van der Waals surface area contributed by atoms with Crippen LogP contribution in [0.1, 0.15) is 17.5 Å². The highest BCUT2D eigenvalue weighted by Crippen LogP contribution is 2.27. The van der Waals surface area contributed by atoms with Crippen LogP contribution >= 0.6 is 0 Å². The second-order valence-electron chi connectivity index (χ2n) is 5.31. The number of amides is 1. The summed E-state index contributed by atoms with van der Waals surface area (Å²) >= 11 is 0. The SMILES string of the molecule is O=C(CCc1ccccc1OC(F)(F)F)NCc1ccnc(OC(F)F)c1. The monoisotopic (exact) mass is 390 g/mol. The molecule has 27 heavy (non-hydrogen) atoms. The smallest absolute Gasteiger partial charge is 0.417 e. The summed E-state index contributed by atoms with van der Waals surface area (Å²) in [5.74, 6) is -1.07. The molecule has 0 aliphatic heterocycles. The molecule has 1 aromatic heterocycles. The largest absolute Gasteiger partial charge is 0.573 e. The number of carbonyl (C=O) groups is 1. The van der Waals surface area contributed by atoms with Crippen LogP contribution in [0, 0.1) is 0 Å². The van der Waals surface area contributed by atoms with Crippen LogP contribution in [0.4, 0.5) is 22.0 Å². The lowest BCUT2D eigenvalue weighted by Crippen LogP contribution is -2.23. The fraction of sp³-hybridized carbons (Fsp3) is 0.294. The second-order valence-corrected chi connectivity index (χ2v) is 5.31. The molecule has 0 aliphatic rings. The van der Waals surface area contributed by atoms with E-state index in [0.717, 1.165) is 0 Å². The molecule has 146 valence electrons. The number of ether oxygens (including phenoxy) is 2. The van der Waals surface area contributed by atoms with Gasteiger partial charge >= 0.3 is 13.0 Å². The molecule has 0 saturated carbocycles. The highest BCUT2D eigenvalue weighted by atomic mass is 19.4. The maximum Gasteiger partial charge on any atom is 0.573 e. The van der Waals surface area contributed by atoms with Gasteiger partial charge in [-0.1, -0.05) is 18.2 Å². The van der Waals surface area contributed by atoms with Gasteiger partial charge < -0.3 is 14.8 Å². The average molecular weight is 390 g/mol. The number of aryl methyl sites for hydroxylation is 1. The maximum atomic E-state index is 12.4. The number of rotatable bonds is 8. The number of aromatic nitrogens is 1. The summed E-state index contributed by atoms with van der Waals surface area (Å²) in [6, 6.07) is 8.29. The molecule has 0 saturated heterocycles. The van der Waals surface area contributed by atoms with Crippen molar-refractivity contribution >= 4 is 5.91 Å². The van der Waals surface area contributed by atoms with E-state index in [9.17, 15) is 26.7 Å². The Labute approximate surface area is 151 Å². The zero-order chi connectivity index (χ0) is 19.9. The number of halogens is 5. The van der Waals surface area contributed by atoms with Gasteiger partial charge in [-0.05, 0) is 29.7 Å². The molecule has 2 rings (SSSR count). The van der Waals surface area contributed by atoms with E-state index in [1.54, 1.807) is 0 Å². The van der Waals surface area contributed by atoms with Gasteiger partial charge in [-0.2, -0.15) is 8.78 Å².